The first kappa shape index (κ1) is 18.9. The lowest BCUT2D eigenvalue weighted by molar-refractivity contribution is 0.00283. The molecule has 0 N–H and O–H groups in total. The summed E-state index contributed by atoms with van der Waals surface area (Å²) in [6.07, 6.45) is 0.500. The molecule has 0 unspecified atom stereocenters. The summed E-state index contributed by atoms with van der Waals surface area (Å²) in [6.45, 7) is 5.93. The van der Waals surface area contributed by atoms with Crippen LogP contribution in [0.15, 0.2) is 60.0 Å². The molecule has 1 fully saturated rings. The fraction of sp³-hybridized carbons (Fsp3) is 0.250. The summed E-state index contributed by atoms with van der Waals surface area (Å²) in [5.41, 5.74) is 2.82. The Kier molecular flexibility index (Phi) is 4.22. The van der Waals surface area contributed by atoms with Crippen LogP contribution < -0.4 is 9.64 Å². The van der Waals surface area contributed by atoms with Crippen LogP contribution in [0.4, 0.5) is 10.5 Å². The molecule has 1 aromatic heterocycles. The Labute approximate surface area is 179 Å². The molecule has 1 saturated heterocycles. The Morgan fingerprint density at radius 3 is 2.53 bits per heavy atom. The third-order valence-electron chi connectivity index (χ3n) is 5.78. The van der Waals surface area contributed by atoms with E-state index in [1.165, 1.54) is 16.2 Å². The lowest BCUT2D eigenvalue weighted by Gasteiger charge is -2.53. The van der Waals surface area contributed by atoms with E-state index in [0.717, 1.165) is 22.4 Å². The minimum atomic E-state index is -0.886. The van der Waals surface area contributed by atoms with E-state index >= 15 is 0 Å². The summed E-state index contributed by atoms with van der Waals surface area (Å²) in [7, 11) is 0. The van der Waals surface area contributed by atoms with E-state index in [2.05, 4.69) is 6.07 Å². The van der Waals surface area contributed by atoms with Gasteiger partial charge in [-0.2, -0.15) is 0 Å². The van der Waals surface area contributed by atoms with E-state index in [-0.39, 0.29) is 18.0 Å². The van der Waals surface area contributed by atoms with E-state index in [1.807, 2.05) is 68.6 Å². The second kappa shape index (κ2) is 6.71. The molecule has 2 aliphatic heterocycles. The lowest BCUT2D eigenvalue weighted by atomic mass is 9.88. The van der Waals surface area contributed by atoms with Crippen LogP contribution in [0.5, 0.6) is 5.75 Å². The third kappa shape index (κ3) is 2.82. The smallest absolute Gasteiger partial charge is 0.335 e. The largest absolute Gasteiger partial charge is 0.467 e. The first-order chi connectivity index (χ1) is 14.4. The first-order valence-corrected chi connectivity index (χ1v) is 10.8. The number of anilines is 1. The van der Waals surface area contributed by atoms with Crippen molar-refractivity contribution in [3.63, 3.8) is 0 Å². The molecule has 30 heavy (non-hydrogen) atoms. The Morgan fingerprint density at radius 2 is 1.83 bits per heavy atom. The minimum Gasteiger partial charge on any atom is -0.467 e. The number of amides is 3. The lowest BCUT2D eigenvalue weighted by Crippen LogP contribution is -2.67. The number of carbonyl (C=O) groups excluding carboxylic acids is 2. The van der Waals surface area contributed by atoms with Gasteiger partial charge in [0.05, 0.1) is 10.9 Å². The molecular weight excluding hydrogens is 396 g/mol. The van der Waals surface area contributed by atoms with Crippen molar-refractivity contribution in [2.75, 3.05) is 4.90 Å². The molecule has 152 valence electrons. The predicted molar refractivity (Wildman–Crippen MR) is 117 cm³/mol. The van der Waals surface area contributed by atoms with Crippen LogP contribution in [-0.2, 0) is 0 Å². The molecule has 2 atom stereocenters. The van der Waals surface area contributed by atoms with Crippen molar-refractivity contribution in [3.8, 4) is 5.75 Å². The number of hydrogen-bond acceptors (Lipinski definition) is 4. The zero-order valence-electron chi connectivity index (χ0n) is 17.1. The van der Waals surface area contributed by atoms with E-state index in [4.69, 9.17) is 4.74 Å². The molecule has 6 heteroatoms. The summed E-state index contributed by atoms with van der Waals surface area (Å²) >= 11 is 1.35. The summed E-state index contributed by atoms with van der Waals surface area (Å²) in [5, 5.41) is 1.85. The van der Waals surface area contributed by atoms with E-state index in [1.54, 1.807) is 11.0 Å². The monoisotopic (exact) mass is 418 g/mol. The highest BCUT2D eigenvalue weighted by Gasteiger charge is 2.55. The van der Waals surface area contributed by atoms with Gasteiger partial charge in [0.25, 0.3) is 5.91 Å². The van der Waals surface area contributed by atoms with E-state index in [9.17, 15) is 9.59 Å². The zero-order chi connectivity index (χ0) is 21.0. The van der Waals surface area contributed by atoms with Crippen LogP contribution in [0, 0.1) is 13.8 Å². The summed E-state index contributed by atoms with van der Waals surface area (Å²) in [4.78, 5) is 30.9. The average molecular weight is 419 g/mol. The number of nitrogens with zero attached hydrogens (tertiary/aromatic N) is 2. The van der Waals surface area contributed by atoms with Crippen molar-refractivity contribution in [2.45, 2.75) is 39.0 Å². The predicted octanol–water partition coefficient (Wildman–Crippen LogP) is 5.69. The van der Waals surface area contributed by atoms with Gasteiger partial charge in [-0.3, -0.25) is 14.6 Å². The van der Waals surface area contributed by atoms with Crippen molar-refractivity contribution in [1.29, 1.82) is 0 Å². The highest BCUT2D eigenvalue weighted by molar-refractivity contribution is 7.12. The van der Waals surface area contributed by atoms with Crippen molar-refractivity contribution >= 4 is 29.0 Å². The average Bonchev–Trinajstić information content (AvgIpc) is 3.21. The van der Waals surface area contributed by atoms with Crippen molar-refractivity contribution in [2.24, 2.45) is 0 Å². The molecule has 2 aromatic carbocycles. The topological polar surface area (TPSA) is 49.9 Å². The number of benzene rings is 2. The second-order valence-electron chi connectivity index (χ2n) is 8.15. The summed E-state index contributed by atoms with van der Waals surface area (Å²) in [6, 6.07) is 16.5. The molecule has 2 bridgehead atoms. The molecule has 0 saturated carbocycles. The number of thiophene rings is 1. The summed E-state index contributed by atoms with van der Waals surface area (Å²) < 4.78 is 6.40. The van der Waals surface area contributed by atoms with Gasteiger partial charge in [-0.15, -0.1) is 11.3 Å². The van der Waals surface area contributed by atoms with Gasteiger partial charge in [-0.25, -0.2) is 4.79 Å². The third-order valence-corrected chi connectivity index (χ3v) is 6.64. The fourth-order valence-electron chi connectivity index (χ4n) is 4.62. The van der Waals surface area contributed by atoms with Crippen LogP contribution in [0.2, 0.25) is 0 Å². The molecule has 0 spiro atoms. The number of rotatable bonds is 2. The highest BCUT2D eigenvalue weighted by atomic mass is 32.1. The van der Waals surface area contributed by atoms with Gasteiger partial charge in [0.1, 0.15) is 5.75 Å². The van der Waals surface area contributed by atoms with Gasteiger partial charge in [0, 0.05) is 17.7 Å². The van der Waals surface area contributed by atoms with Crippen LogP contribution in [0.25, 0.3) is 0 Å². The van der Waals surface area contributed by atoms with Gasteiger partial charge in [-0.1, -0.05) is 30.3 Å². The fourth-order valence-corrected chi connectivity index (χ4v) is 5.28. The van der Waals surface area contributed by atoms with Crippen LogP contribution in [-0.4, -0.2) is 22.6 Å². The number of ether oxygens (including phenoxy) is 1. The molecule has 0 radical (unpaired) electrons. The number of imide groups is 1. The van der Waals surface area contributed by atoms with Gasteiger partial charge in [0.2, 0.25) is 0 Å². The molecule has 3 heterocycles. The molecule has 3 aromatic rings. The van der Waals surface area contributed by atoms with Crippen LogP contribution in [0.1, 0.15) is 45.7 Å². The molecule has 2 aliphatic rings. The van der Waals surface area contributed by atoms with Gasteiger partial charge < -0.3 is 4.74 Å². The number of carbonyl (C=O) groups is 2. The number of para-hydroxylation sites is 1. The van der Waals surface area contributed by atoms with E-state index < -0.39 is 5.72 Å². The highest BCUT2D eigenvalue weighted by Crippen LogP contribution is 2.49. The summed E-state index contributed by atoms with van der Waals surface area (Å²) in [5.74, 6) is 0.440. The van der Waals surface area contributed by atoms with Crippen LogP contribution in [0.3, 0.4) is 0 Å². The molecule has 0 aliphatic carbocycles. The van der Waals surface area contributed by atoms with Crippen molar-refractivity contribution in [3.05, 3.63) is 81.5 Å². The Bertz CT molecular complexity index is 1140. The first-order valence-electron chi connectivity index (χ1n) is 9.95. The van der Waals surface area contributed by atoms with Gasteiger partial charge in [-0.05, 0) is 61.5 Å². The number of fused-ring (bicyclic) bond motifs is 4. The number of hydrogen-bond donors (Lipinski definition) is 0. The van der Waals surface area contributed by atoms with Gasteiger partial charge >= 0.3 is 6.03 Å². The molecular formula is C24H22N2O3S. The van der Waals surface area contributed by atoms with Crippen LogP contribution >= 0.6 is 11.3 Å². The maximum Gasteiger partial charge on any atom is 0.335 e. The molecule has 5 rings (SSSR count). The SMILES string of the molecule is Cc1cc(C)cc(N2C(=O)N(C(=O)c3cccs3)[C@@H]3C[C@@]2(C)Oc2ccccc23)c1. The van der Waals surface area contributed by atoms with Crippen molar-refractivity contribution in [1.82, 2.24) is 4.90 Å². The normalized spacial score (nSPS) is 22.5. The second-order valence-corrected chi connectivity index (χ2v) is 9.10. The maximum absolute atomic E-state index is 13.9. The van der Waals surface area contributed by atoms with E-state index in [0.29, 0.717) is 17.0 Å². The molecule has 5 nitrogen and oxygen atoms in total. The number of urea groups is 1. The maximum atomic E-state index is 13.9. The quantitative estimate of drug-likeness (QED) is 0.537. The van der Waals surface area contributed by atoms with Gasteiger partial charge in [0.15, 0.2) is 5.72 Å². The standard InChI is InChI=1S/C24H22N2O3S/c1-15-11-16(2)13-17(12-15)26-23(28)25(22(27)21-9-6-10-30-21)19-14-24(26,3)29-20-8-5-4-7-18(19)20/h4-13,19H,14H2,1-3H3/t19-,24-/m1/s1. The minimum absolute atomic E-state index is 0.270. The van der Waals surface area contributed by atoms with Crippen molar-refractivity contribution < 1.29 is 14.3 Å². The molecule has 3 amide bonds. The zero-order valence-corrected chi connectivity index (χ0v) is 17.9. The Balaban J connectivity index is 1.70. The Morgan fingerprint density at radius 1 is 1.10 bits per heavy atom. The Hall–Kier alpha value is -3.12. The number of aryl methyl sites for hydroxylation is 2.